The predicted octanol–water partition coefficient (Wildman–Crippen LogP) is 3.57. The first kappa shape index (κ1) is 21.9. The molecule has 5 nitrogen and oxygen atoms in total. The SMILES string of the molecule is Cc1ccc(NC(=O)NC[C@H](c2ccc(N(C)C)cc2)[NH+]2CCc3ccccc3C2)cc1. The number of carbonyl (C=O) groups is 1. The molecule has 0 fully saturated rings. The summed E-state index contributed by atoms with van der Waals surface area (Å²) in [5.74, 6) is 0. The summed E-state index contributed by atoms with van der Waals surface area (Å²) in [6, 6.07) is 25.3. The van der Waals surface area contributed by atoms with Crippen LogP contribution >= 0.6 is 0 Å². The van der Waals surface area contributed by atoms with Crippen molar-refractivity contribution in [2.24, 2.45) is 0 Å². The molecule has 0 bridgehead atoms. The Kier molecular flexibility index (Phi) is 6.76. The van der Waals surface area contributed by atoms with Crippen LogP contribution in [-0.4, -0.2) is 33.2 Å². The lowest BCUT2D eigenvalue weighted by Crippen LogP contribution is -3.12. The fourth-order valence-corrected chi connectivity index (χ4v) is 4.41. The quantitative estimate of drug-likeness (QED) is 0.561. The van der Waals surface area contributed by atoms with E-state index >= 15 is 0 Å². The molecule has 0 spiro atoms. The normalized spacial score (nSPS) is 16.0. The molecular formula is C27H33N4O+. The van der Waals surface area contributed by atoms with Crippen LogP contribution in [0, 0.1) is 6.92 Å². The summed E-state index contributed by atoms with van der Waals surface area (Å²) in [6.07, 6.45) is 1.06. The highest BCUT2D eigenvalue weighted by atomic mass is 16.2. The maximum atomic E-state index is 12.6. The van der Waals surface area contributed by atoms with E-state index in [0.717, 1.165) is 25.2 Å². The minimum atomic E-state index is -0.166. The fourth-order valence-electron chi connectivity index (χ4n) is 4.41. The third kappa shape index (κ3) is 5.29. The van der Waals surface area contributed by atoms with E-state index in [0.29, 0.717) is 6.54 Å². The van der Waals surface area contributed by atoms with Gasteiger partial charge >= 0.3 is 6.03 Å². The van der Waals surface area contributed by atoms with E-state index < -0.39 is 0 Å². The number of quaternary nitrogens is 1. The number of hydrogen-bond acceptors (Lipinski definition) is 2. The highest BCUT2D eigenvalue weighted by Gasteiger charge is 2.29. The van der Waals surface area contributed by atoms with Gasteiger partial charge in [0.05, 0.1) is 13.1 Å². The zero-order chi connectivity index (χ0) is 22.5. The molecule has 0 saturated heterocycles. The summed E-state index contributed by atoms with van der Waals surface area (Å²) < 4.78 is 0. The van der Waals surface area contributed by atoms with Crippen LogP contribution in [-0.2, 0) is 13.0 Å². The fraction of sp³-hybridized carbons (Fsp3) is 0.296. The summed E-state index contributed by atoms with van der Waals surface area (Å²) in [5.41, 5.74) is 7.26. The number of rotatable bonds is 6. The van der Waals surface area contributed by atoms with Crippen LogP contribution in [0.4, 0.5) is 16.2 Å². The first-order valence-corrected chi connectivity index (χ1v) is 11.3. The van der Waals surface area contributed by atoms with Gasteiger partial charge in [0.25, 0.3) is 0 Å². The molecule has 1 heterocycles. The maximum absolute atomic E-state index is 12.6. The van der Waals surface area contributed by atoms with Crippen LogP contribution in [0.25, 0.3) is 0 Å². The molecule has 0 aromatic heterocycles. The molecule has 1 aliphatic heterocycles. The van der Waals surface area contributed by atoms with Gasteiger partial charge in [-0.25, -0.2) is 4.79 Å². The lowest BCUT2D eigenvalue weighted by molar-refractivity contribution is -0.945. The van der Waals surface area contributed by atoms with Crippen molar-refractivity contribution in [1.29, 1.82) is 0 Å². The predicted molar refractivity (Wildman–Crippen MR) is 131 cm³/mol. The van der Waals surface area contributed by atoms with Crippen LogP contribution in [0.5, 0.6) is 0 Å². The van der Waals surface area contributed by atoms with Crippen LogP contribution < -0.4 is 20.4 Å². The number of amides is 2. The van der Waals surface area contributed by atoms with Crippen molar-refractivity contribution >= 4 is 17.4 Å². The second-order valence-corrected chi connectivity index (χ2v) is 8.84. The van der Waals surface area contributed by atoms with E-state index in [1.54, 1.807) is 0 Å². The van der Waals surface area contributed by atoms with E-state index in [2.05, 4.69) is 78.2 Å². The third-order valence-electron chi connectivity index (χ3n) is 6.33. The summed E-state index contributed by atoms with van der Waals surface area (Å²) in [6.45, 7) is 4.64. The lowest BCUT2D eigenvalue weighted by atomic mass is 9.96. The second-order valence-electron chi connectivity index (χ2n) is 8.84. The number of anilines is 2. The Morgan fingerprint density at radius 3 is 2.34 bits per heavy atom. The van der Waals surface area contributed by atoms with Gasteiger partial charge in [-0.2, -0.15) is 0 Å². The van der Waals surface area contributed by atoms with Crippen molar-refractivity contribution in [3.8, 4) is 0 Å². The lowest BCUT2D eigenvalue weighted by Gasteiger charge is -2.33. The number of hydrogen-bond donors (Lipinski definition) is 3. The standard InChI is InChI=1S/C27H32N4O/c1-20-8-12-24(13-9-20)29-27(32)28-18-26(22-10-14-25(15-11-22)30(2)3)31-17-16-21-6-4-5-7-23(21)19-31/h4-15,26H,16-19H2,1-3H3,(H2,28,29,32)/p+1/t26-/m1/s1. The van der Waals surface area contributed by atoms with Gasteiger partial charge in [0.15, 0.2) is 0 Å². The van der Waals surface area contributed by atoms with E-state index in [-0.39, 0.29) is 12.1 Å². The first-order chi connectivity index (χ1) is 15.5. The van der Waals surface area contributed by atoms with Gasteiger partial charge in [0.2, 0.25) is 0 Å². The zero-order valence-electron chi connectivity index (χ0n) is 19.2. The molecule has 0 radical (unpaired) electrons. The number of fused-ring (bicyclic) bond motifs is 1. The van der Waals surface area contributed by atoms with Gasteiger partial charge in [0, 0.05) is 43.0 Å². The Morgan fingerprint density at radius 2 is 1.66 bits per heavy atom. The van der Waals surface area contributed by atoms with E-state index in [1.165, 1.54) is 32.8 Å². The van der Waals surface area contributed by atoms with Crippen molar-refractivity contribution in [3.05, 3.63) is 95.1 Å². The number of aryl methyl sites for hydroxylation is 1. The van der Waals surface area contributed by atoms with Crippen LogP contribution in [0.2, 0.25) is 0 Å². The van der Waals surface area contributed by atoms with E-state index in [4.69, 9.17) is 0 Å². The van der Waals surface area contributed by atoms with Crippen molar-refractivity contribution in [2.75, 3.05) is 37.4 Å². The molecule has 5 heteroatoms. The van der Waals surface area contributed by atoms with Gasteiger partial charge in [0.1, 0.15) is 12.6 Å². The first-order valence-electron chi connectivity index (χ1n) is 11.3. The molecule has 3 aromatic carbocycles. The second kappa shape index (κ2) is 9.88. The largest absolute Gasteiger partial charge is 0.378 e. The highest BCUT2D eigenvalue weighted by molar-refractivity contribution is 5.89. The average molecular weight is 430 g/mol. The number of benzene rings is 3. The Hall–Kier alpha value is -3.31. The summed E-state index contributed by atoms with van der Waals surface area (Å²) in [7, 11) is 4.10. The minimum Gasteiger partial charge on any atom is -0.378 e. The summed E-state index contributed by atoms with van der Waals surface area (Å²) >= 11 is 0. The smallest absolute Gasteiger partial charge is 0.319 e. The molecule has 2 atom stereocenters. The molecule has 2 amide bonds. The molecule has 166 valence electrons. The number of urea groups is 1. The van der Waals surface area contributed by atoms with Crippen molar-refractivity contribution in [2.45, 2.75) is 25.9 Å². The van der Waals surface area contributed by atoms with E-state index in [1.807, 2.05) is 31.2 Å². The molecule has 0 aliphatic carbocycles. The summed E-state index contributed by atoms with van der Waals surface area (Å²) in [4.78, 5) is 16.2. The molecule has 3 N–H and O–H groups in total. The Bertz CT molecular complexity index is 1040. The van der Waals surface area contributed by atoms with Crippen LogP contribution in [0.1, 0.15) is 28.3 Å². The zero-order valence-corrected chi connectivity index (χ0v) is 19.2. The number of nitrogens with one attached hydrogen (secondary N) is 3. The van der Waals surface area contributed by atoms with Gasteiger partial charge < -0.3 is 20.4 Å². The summed E-state index contributed by atoms with van der Waals surface area (Å²) in [5, 5.41) is 6.07. The van der Waals surface area contributed by atoms with Gasteiger partial charge in [-0.1, -0.05) is 54.1 Å². The minimum absolute atomic E-state index is 0.166. The topological polar surface area (TPSA) is 48.8 Å². The molecule has 32 heavy (non-hydrogen) atoms. The third-order valence-corrected chi connectivity index (χ3v) is 6.33. The maximum Gasteiger partial charge on any atom is 0.319 e. The van der Waals surface area contributed by atoms with Crippen molar-refractivity contribution < 1.29 is 9.69 Å². The van der Waals surface area contributed by atoms with Crippen molar-refractivity contribution in [1.82, 2.24) is 5.32 Å². The molecule has 1 unspecified atom stereocenters. The number of nitrogens with zero attached hydrogens (tertiary/aromatic N) is 1. The highest BCUT2D eigenvalue weighted by Crippen LogP contribution is 2.19. The van der Waals surface area contributed by atoms with Gasteiger partial charge in [-0.15, -0.1) is 0 Å². The molecule has 4 rings (SSSR count). The average Bonchev–Trinajstić information content (AvgIpc) is 2.81. The Labute approximate surface area is 191 Å². The Balaban J connectivity index is 1.49. The van der Waals surface area contributed by atoms with E-state index in [9.17, 15) is 4.79 Å². The Morgan fingerprint density at radius 1 is 0.969 bits per heavy atom. The number of carbonyl (C=O) groups excluding carboxylic acids is 1. The van der Waals surface area contributed by atoms with Crippen LogP contribution in [0.15, 0.2) is 72.8 Å². The van der Waals surface area contributed by atoms with Gasteiger partial charge in [-0.05, 0) is 36.8 Å². The molecular weight excluding hydrogens is 396 g/mol. The molecule has 0 saturated carbocycles. The monoisotopic (exact) mass is 429 g/mol. The molecule has 1 aliphatic rings. The van der Waals surface area contributed by atoms with Crippen LogP contribution in [0.3, 0.4) is 0 Å². The molecule has 3 aromatic rings. The van der Waals surface area contributed by atoms with Gasteiger partial charge in [-0.3, -0.25) is 0 Å². The van der Waals surface area contributed by atoms with Crippen molar-refractivity contribution in [3.63, 3.8) is 0 Å².